The first kappa shape index (κ1) is 15.7. The summed E-state index contributed by atoms with van der Waals surface area (Å²) in [4.78, 5) is 0. The smallest absolute Gasteiger partial charge is 0.0351 e. The zero-order valence-electron chi connectivity index (χ0n) is 11.6. The summed E-state index contributed by atoms with van der Waals surface area (Å²) < 4.78 is 0. The first-order chi connectivity index (χ1) is 7.91. The second-order valence-corrected chi connectivity index (χ2v) is 4.88. The van der Waals surface area contributed by atoms with Gasteiger partial charge in [0.05, 0.1) is 0 Å². The van der Waals surface area contributed by atoms with Crippen LogP contribution in [0.4, 0.5) is 0 Å². The van der Waals surface area contributed by atoms with Crippen molar-refractivity contribution in [3.63, 3.8) is 0 Å². The summed E-state index contributed by atoms with van der Waals surface area (Å²) in [7, 11) is 0. The maximum atomic E-state index is 2.39. The number of hydrogen-bond acceptors (Lipinski definition) is 0. The predicted molar refractivity (Wildman–Crippen MR) is 75.9 cm³/mol. The molecule has 0 nitrogen and oxygen atoms in total. The first-order valence-corrected chi connectivity index (χ1v) is 7.56. The van der Waals surface area contributed by atoms with E-state index >= 15 is 0 Å². The molecule has 0 N–H and O–H groups in total. The molecule has 0 aromatic carbocycles. The Balaban J connectivity index is 2.98. The Morgan fingerprint density at radius 2 is 0.875 bits per heavy atom. The third-order valence-electron chi connectivity index (χ3n) is 3.12. The van der Waals surface area contributed by atoms with Gasteiger partial charge in [-0.05, 0) is 25.7 Å². The molecule has 0 heteroatoms. The van der Waals surface area contributed by atoms with Gasteiger partial charge in [-0.2, -0.15) is 0 Å². The topological polar surface area (TPSA) is 0 Å². The molecule has 96 valence electrons. The molecule has 0 heterocycles. The summed E-state index contributed by atoms with van der Waals surface area (Å²) in [6, 6.07) is 0. The fraction of sp³-hybridized carbons (Fsp3) is 0.875. The number of hydrogen-bond donors (Lipinski definition) is 0. The van der Waals surface area contributed by atoms with Gasteiger partial charge in [-0.25, -0.2) is 0 Å². The summed E-state index contributed by atoms with van der Waals surface area (Å²) in [5, 5.41) is 0. The van der Waals surface area contributed by atoms with E-state index in [1.54, 1.807) is 0 Å². The fourth-order valence-electron chi connectivity index (χ4n) is 1.97. The van der Waals surface area contributed by atoms with Crippen LogP contribution in [0.2, 0.25) is 0 Å². The van der Waals surface area contributed by atoms with E-state index in [2.05, 4.69) is 26.0 Å². The SMILES string of the molecule is CCCCCCC/C=C\CCCCCCC. The van der Waals surface area contributed by atoms with Gasteiger partial charge in [-0.3, -0.25) is 0 Å². The molecule has 0 fully saturated rings. The zero-order valence-corrected chi connectivity index (χ0v) is 11.6. The van der Waals surface area contributed by atoms with Crippen LogP contribution in [-0.4, -0.2) is 0 Å². The Kier molecular flexibility index (Phi) is 14.5. The van der Waals surface area contributed by atoms with Gasteiger partial charge in [0, 0.05) is 0 Å². The summed E-state index contributed by atoms with van der Waals surface area (Å²) in [5.74, 6) is 0. The van der Waals surface area contributed by atoms with Gasteiger partial charge >= 0.3 is 0 Å². The van der Waals surface area contributed by atoms with Crippen molar-refractivity contribution in [2.75, 3.05) is 0 Å². The highest BCUT2D eigenvalue weighted by Crippen LogP contribution is 2.08. The van der Waals surface area contributed by atoms with E-state index < -0.39 is 0 Å². The molecule has 0 aliphatic carbocycles. The van der Waals surface area contributed by atoms with Gasteiger partial charge in [0.2, 0.25) is 0 Å². The minimum atomic E-state index is 1.30. The third-order valence-corrected chi connectivity index (χ3v) is 3.12. The van der Waals surface area contributed by atoms with E-state index in [1.807, 2.05) is 0 Å². The van der Waals surface area contributed by atoms with Crippen molar-refractivity contribution in [2.24, 2.45) is 0 Å². The van der Waals surface area contributed by atoms with Crippen LogP contribution in [0.25, 0.3) is 0 Å². The number of rotatable bonds is 12. The predicted octanol–water partition coefficient (Wildman–Crippen LogP) is 6.26. The quantitative estimate of drug-likeness (QED) is 0.271. The van der Waals surface area contributed by atoms with Gasteiger partial charge in [0.15, 0.2) is 0 Å². The van der Waals surface area contributed by atoms with Crippen molar-refractivity contribution in [1.82, 2.24) is 0 Å². The second kappa shape index (κ2) is 14.7. The summed E-state index contributed by atoms with van der Waals surface area (Å²) >= 11 is 0. The highest BCUT2D eigenvalue weighted by atomic mass is 13.9. The molecular formula is C16H32. The van der Waals surface area contributed by atoms with Crippen molar-refractivity contribution in [3.8, 4) is 0 Å². The van der Waals surface area contributed by atoms with Crippen LogP contribution in [0.15, 0.2) is 12.2 Å². The molecule has 0 aliphatic heterocycles. The van der Waals surface area contributed by atoms with E-state index in [1.165, 1.54) is 77.0 Å². The Morgan fingerprint density at radius 1 is 0.500 bits per heavy atom. The average Bonchev–Trinajstić information content (AvgIpc) is 2.31. The minimum Gasteiger partial charge on any atom is -0.0885 e. The molecule has 0 rings (SSSR count). The van der Waals surface area contributed by atoms with Crippen LogP contribution in [0.1, 0.15) is 90.9 Å². The lowest BCUT2D eigenvalue weighted by Gasteiger charge is -1.97. The summed E-state index contributed by atoms with van der Waals surface area (Å²) in [6.45, 7) is 4.55. The fourth-order valence-corrected chi connectivity index (χ4v) is 1.97. The van der Waals surface area contributed by atoms with E-state index in [-0.39, 0.29) is 0 Å². The minimum absolute atomic E-state index is 1.30. The standard InChI is InChI=1S/C16H32/c1-3-5-7-9-11-13-15-16-14-12-10-8-6-4-2/h15-16H,3-14H2,1-2H3/b16-15-. The molecule has 0 radical (unpaired) electrons. The Hall–Kier alpha value is -0.260. The van der Waals surface area contributed by atoms with Crippen molar-refractivity contribution >= 4 is 0 Å². The molecule has 16 heavy (non-hydrogen) atoms. The van der Waals surface area contributed by atoms with Crippen LogP contribution in [0.5, 0.6) is 0 Å². The molecular weight excluding hydrogens is 192 g/mol. The van der Waals surface area contributed by atoms with Gasteiger partial charge < -0.3 is 0 Å². The molecule has 0 aromatic rings. The van der Waals surface area contributed by atoms with Crippen molar-refractivity contribution in [2.45, 2.75) is 90.9 Å². The summed E-state index contributed by atoms with van der Waals surface area (Å²) in [6.07, 6.45) is 21.4. The van der Waals surface area contributed by atoms with Crippen molar-refractivity contribution in [1.29, 1.82) is 0 Å². The second-order valence-electron chi connectivity index (χ2n) is 4.88. The number of allylic oxidation sites excluding steroid dienone is 2. The first-order valence-electron chi connectivity index (χ1n) is 7.56. The van der Waals surface area contributed by atoms with E-state index in [0.717, 1.165) is 0 Å². The normalized spacial score (nSPS) is 11.4. The Labute approximate surface area is 104 Å². The molecule has 0 spiro atoms. The highest BCUT2D eigenvalue weighted by Gasteiger charge is 1.88. The van der Waals surface area contributed by atoms with Gasteiger partial charge in [0.25, 0.3) is 0 Å². The molecule has 0 atom stereocenters. The van der Waals surface area contributed by atoms with Gasteiger partial charge in [0.1, 0.15) is 0 Å². The highest BCUT2D eigenvalue weighted by molar-refractivity contribution is 4.81. The van der Waals surface area contributed by atoms with Crippen molar-refractivity contribution in [3.05, 3.63) is 12.2 Å². The van der Waals surface area contributed by atoms with Crippen LogP contribution in [-0.2, 0) is 0 Å². The lowest BCUT2D eigenvalue weighted by atomic mass is 10.1. The largest absolute Gasteiger partial charge is 0.0885 e. The zero-order chi connectivity index (χ0) is 11.9. The van der Waals surface area contributed by atoms with E-state index in [9.17, 15) is 0 Å². The molecule has 0 saturated heterocycles. The molecule has 0 saturated carbocycles. The molecule has 0 bridgehead atoms. The maximum absolute atomic E-state index is 2.39. The van der Waals surface area contributed by atoms with Crippen LogP contribution < -0.4 is 0 Å². The van der Waals surface area contributed by atoms with Crippen LogP contribution in [0.3, 0.4) is 0 Å². The van der Waals surface area contributed by atoms with Gasteiger partial charge in [-0.15, -0.1) is 0 Å². The molecule has 0 aromatic heterocycles. The number of unbranched alkanes of at least 4 members (excludes halogenated alkanes) is 10. The van der Waals surface area contributed by atoms with Crippen LogP contribution in [0, 0.1) is 0 Å². The third kappa shape index (κ3) is 13.7. The van der Waals surface area contributed by atoms with Crippen LogP contribution >= 0.6 is 0 Å². The molecule has 0 aliphatic rings. The lowest BCUT2D eigenvalue weighted by Crippen LogP contribution is -1.77. The maximum Gasteiger partial charge on any atom is -0.0351 e. The Morgan fingerprint density at radius 3 is 1.25 bits per heavy atom. The van der Waals surface area contributed by atoms with Crippen molar-refractivity contribution < 1.29 is 0 Å². The average molecular weight is 224 g/mol. The molecule has 0 unspecified atom stereocenters. The van der Waals surface area contributed by atoms with Gasteiger partial charge in [-0.1, -0.05) is 77.4 Å². The Bertz CT molecular complexity index is 119. The van der Waals surface area contributed by atoms with E-state index in [0.29, 0.717) is 0 Å². The monoisotopic (exact) mass is 224 g/mol. The lowest BCUT2D eigenvalue weighted by molar-refractivity contribution is 0.631. The van der Waals surface area contributed by atoms with E-state index in [4.69, 9.17) is 0 Å². The summed E-state index contributed by atoms with van der Waals surface area (Å²) in [5.41, 5.74) is 0. The molecule has 0 amide bonds.